The van der Waals surface area contributed by atoms with Gasteiger partial charge in [0.05, 0.1) is 20.6 Å². The highest BCUT2D eigenvalue weighted by atomic mass is 79.9. The molecule has 0 spiro atoms. The molecule has 1 N–H and O–H groups in total. The molecule has 0 heterocycles. The van der Waals surface area contributed by atoms with E-state index in [0.717, 1.165) is 57.8 Å². The molecule has 4 rings (SSSR count). The Kier molecular flexibility index (Phi) is 5.31. The number of amides is 1. The van der Waals surface area contributed by atoms with E-state index in [2.05, 4.69) is 28.2 Å². The number of hydrogen-bond acceptors (Lipinski definition) is 1. The maximum atomic E-state index is 15.2. The van der Waals surface area contributed by atoms with E-state index in [4.69, 9.17) is 23.2 Å². The molecular formula is C21H25BrCl2FNO. The van der Waals surface area contributed by atoms with Gasteiger partial charge in [-0.05, 0) is 77.8 Å². The number of nitrogens with one attached hydrogen (secondary N) is 1. The highest BCUT2D eigenvalue weighted by Crippen LogP contribution is 2.66. The molecule has 27 heavy (non-hydrogen) atoms. The lowest BCUT2D eigenvalue weighted by atomic mass is 9.74. The number of carbonyl (C=O) groups excluding carboxylic acids is 1. The Balaban J connectivity index is 1.74. The van der Waals surface area contributed by atoms with Gasteiger partial charge in [-0.1, -0.05) is 43.0 Å². The van der Waals surface area contributed by atoms with Gasteiger partial charge in [0.1, 0.15) is 5.82 Å². The molecule has 148 valence electrons. The fourth-order valence-corrected chi connectivity index (χ4v) is 6.66. The fraction of sp³-hybridized carbons (Fsp3) is 0.667. The van der Waals surface area contributed by atoms with Gasteiger partial charge in [0.15, 0.2) is 0 Å². The van der Waals surface area contributed by atoms with E-state index in [9.17, 15) is 4.79 Å². The van der Waals surface area contributed by atoms with Crippen LogP contribution in [0.4, 0.5) is 4.39 Å². The van der Waals surface area contributed by atoms with Crippen molar-refractivity contribution in [3.63, 3.8) is 0 Å². The second-order valence-electron chi connectivity index (χ2n) is 9.16. The second-order valence-corrected chi connectivity index (χ2v) is 10.7. The summed E-state index contributed by atoms with van der Waals surface area (Å²) >= 11 is 15.7. The molecule has 2 bridgehead atoms. The first-order chi connectivity index (χ1) is 12.7. The third-order valence-corrected chi connectivity index (χ3v) is 9.06. The van der Waals surface area contributed by atoms with Crippen LogP contribution in [-0.4, -0.2) is 5.91 Å². The van der Waals surface area contributed by atoms with Crippen LogP contribution in [0.15, 0.2) is 10.5 Å². The lowest BCUT2D eigenvalue weighted by Crippen LogP contribution is -2.42. The van der Waals surface area contributed by atoms with Crippen LogP contribution < -0.4 is 5.32 Å². The quantitative estimate of drug-likeness (QED) is 0.360. The number of fused-ring (bicyclic) bond motifs is 2. The third-order valence-electron chi connectivity index (χ3n) is 7.30. The molecule has 3 fully saturated rings. The standard InChI is InChI=1S/C21H25BrCl2FNO/c1-20-6-8-21(11-20,9-7-20)18(26-19(27)12-4-2-3-5-12)13-10-14(23)16(24)15(22)17(13)25/h10,12,18H,2-9,11H2,1H3,(H,26,27). The van der Waals surface area contributed by atoms with Crippen LogP contribution in [0.1, 0.15) is 76.3 Å². The van der Waals surface area contributed by atoms with Crippen molar-refractivity contribution in [2.75, 3.05) is 0 Å². The van der Waals surface area contributed by atoms with Crippen molar-refractivity contribution in [3.05, 3.63) is 32.0 Å². The van der Waals surface area contributed by atoms with Gasteiger partial charge in [0, 0.05) is 11.5 Å². The number of benzene rings is 1. The molecule has 1 aromatic rings. The average Bonchev–Trinajstić information content (AvgIpc) is 3.36. The van der Waals surface area contributed by atoms with E-state index in [-0.39, 0.29) is 32.8 Å². The van der Waals surface area contributed by atoms with Gasteiger partial charge in [-0.25, -0.2) is 4.39 Å². The Bertz CT molecular complexity index is 770. The summed E-state index contributed by atoms with van der Waals surface area (Å²) in [7, 11) is 0. The summed E-state index contributed by atoms with van der Waals surface area (Å²) in [5, 5.41) is 3.76. The monoisotopic (exact) mass is 475 g/mol. The maximum Gasteiger partial charge on any atom is 0.223 e. The minimum absolute atomic E-state index is 0.0485. The summed E-state index contributed by atoms with van der Waals surface area (Å²) in [6.07, 6.45) is 9.35. The summed E-state index contributed by atoms with van der Waals surface area (Å²) < 4.78 is 15.4. The van der Waals surface area contributed by atoms with Crippen LogP contribution in [0.25, 0.3) is 0 Å². The van der Waals surface area contributed by atoms with Crippen LogP contribution in [0.2, 0.25) is 10.0 Å². The Morgan fingerprint density at radius 3 is 2.44 bits per heavy atom. The van der Waals surface area contributed by atoms with Gasteiger partial charge < -0.3 is 5.32 Å². The van der Waals surface area contributed by atoms with Gasteiger partial charge in [0.2, 0.25) is 5.91 Å². The molecule has 1 aromatic carbocycles. The smallest absolute Gasteiger partial charge is 0.223 e. The zero-order valence-corrected chi connectivity index (χ0v) is 18.6. The molecule has 2 nitrogen and oxygen atoms in total. The summed E-state index contributed by atoms with van der Waals surface area (Å²) in [6, 6.07) is 1.26. The van der Waals surface area contributed by atoms with Crippen molar-refractivity contribution in [1.82, 2.24) is 5.32 Å². The maximum absolute atomic E-state index is 15.2. The van der Waals surface area contributed by atoms with Crippen LogP contribution >= 0.6 is 39.1 Å². The van der Waals surface area contributed by atoms with E-state index < -0.39 is 5.82 Å². The summed E-state index contributed by atoms with van der Waals surface area (Å²) in [5.74, 6) is -0.294. The van der Waals surface area contributed by atoms with Crippen LogP contribution in [0.5, 0.6) is 0 Å². The summed E-state index contributed by atoms with van der Waals surface area (Å²) in [4.78, 5) is 13.0. The minimum Gasteiger partial charge on any atom is -0.348 e. The number of carbonyl (C=O) groups is 1. The molecule has 1 atom stereocenters. The Labute approximate surface area is 178 Å². The van der Waals surface area contributed by atoms with Gasteiger partial charge >= 0.3 is 0 Å². The Morgan fingerprint density at radius 2 is 1.89 bits per heavy atom. The van der Waals surface area contributed by atoms with E-state index in [1.165, 1.54) is 0 Å². The molecule has 1 amide bonds. The summed E-state index contributed by atoms with van der Waals surface area (Å²) in [6.45, 7) is 2.32. The molecule has 0 saturated heterocycles. The van der Waals surface area contributed by atoms with Crippen LogP contribution in [-0.2, 0) is 4.79 Å². The fourth-order valence-electron chi connectivity index (χ4n) is 5.76. The molecule has 0 radical (unpaired) electrons. The predicted molar refractivity (Wildman–Crippen MR) is 111 cm³/mol. The van der Waals surface area contributed by atoms with Gasteiger partial charge in [-0.2, -0.15) is 0 Å². The van der Waals surface area contributed by atoms with Crippen LogP contribution in [0.3, 0.4) is 0 Å². The molecule has 3 aliphatic rings. The third kappa shape index (κ3) is 3.44. The van der Waals surface area contributed by atoms with Crippen LogP contribution in [0, 0.1) is 22.6 Å². The lowest BCUT2D eigenvalue weighted by molar-refractivity contribution is -0.126. The largest absolute Gasteiger partial charge is 0.348 e. The Morgan fingerprint density at radius 1 is 1.26 bits per heavy atom. The Hall–Kier alpha value is -0.320. The van der Waals surface area contributed by atoms with Crippen molar-refractivity contribution in [1.29, 1.82) is 0 Å². The highest BCUT2D eigenvalue weighted by Gasteiger charge is 2.56. The highest BCUT2D eigenvalue weighted by molar-refractivity contribution is 9.10. The van der Waals surface area contributed by atoms with E-state index in [0.29, 0.717) is 16.0 Å². The molecular weight excluding hydrogens is 452 g/mol. The number of halogens is 4. The van der Waals surface area contributed by atoms with Crippen molar-refractivity contribution in [3.8, 4) is 0 Å². The van der Waals surface area contributed by atoms with Crippen molar-refractivity contribution in [2.24, 2.45) is 16.7 Å². The lowest BCUT2D eigenvalue weighted by Gasteiger charge is -2.38. The topological polar surface area (TPSA) is 29.1 Å². The normalized spacial score (nSPS) is 31.4. The summed E-state index contributed by atoms with van der Waals surface area (Å²) in [5.41, 5.74) is 0.676. The number of rotatable bonds is 4. The van der Waals surface area contributed by atoms with E-state index in [1.54, 1.807) is 6.07 Å². The average molecular weight is 477 g/mol. The SMILES string of the molecule is CC12CCC(C(NC(=O)C3CCCC3)c3cc(Cl)c(Cl)c(Br)c3F)(CC1)C2. The van der Waals surface area contributed by atoms with Gasteiger partial charge in [0.25, 0.3) is 0 Å². The zero-order chi connectivity index (χ0) is 19.4. The molecule has 3 saturated carbocycles. The molecule has 0 aliphatic heterocycles. The number of hydrogen-bond donors (Lipinski definition) is 1. The van der Waals surface area contributed by atoms with Gasteiger partial charge in [-0.15, -0.1) is 0 Å². The molecule has 1 unspecified atom stereocenters. The molecule has 3 aliphatic carbocycles. The first-order valence-electron chi connectivity index (χ1n) is 9.88. The van der Waals surface area contributed by atoms with Gasteiger partial charge in [-0.3, -0.25) is 4.79 Å². The predicted octanol–water partition coefficient (Wildman–Crippen LogP) is 7.21. The first-order valence-corrected chi connectivity index (χ1v) is 11.4. The minimum atomic E-state index is -0.406. The van der Waals surface area contributed by atoms with Crippen molar-refractivity contribution < 1.29 is 9.18 Å². The first kappa shape index (κ1) is 20.0. The van der Waals surface area contributed by atoms with Crippen molar-refractivity contribution >= 4 is 45.0 Å². The molecule has 6 heteroatoms. The zero-order valence-electron chi connectivity index (χ0n) is 15.5. The second kappa shape index (κ2) is 7.18. The molecule has 0 aromatic heterocycles. The van der Waals surface area contributed by atoms with E-state index >= 15 is 4.39 Å². The van der Waals surface area contributed by atoms with Crippen molar-refractivity contribution in [2.45, 2.75) is 70.8 Å². The van der Waals surface area contributed by atoms with E-state index in [1.807, 2.05) is 0 Å².